The van der Waals surface area contributed by atoms with E-state index in [1.54, 1.807) is 25.3 Å². The number of aromatic hydroxyl groups is 1. The minimum Gasteiger partial charge on any atom is -0.508 e. The topological polar surface area (TPSA) is 69.6 Å². The van der Waals surface area contributed by atoms with E-state index in [1.165, 1.54) is 6.07 Å². The number of benzene rings is 1. The van der Waals surface area contributed by atoms with Gasteiger partial charge in [-0.1, -0.05) is 6.08 Å². The molecule has 2 N–H and O–H groups in total. The van der Waals surface area contributed by atoms with Crippen molar-refractivity contribution in [1.29, 1.82) is 0 Å². The average Bonchev–Trinajstić information content (AvgIpc) is 2.47. The molecule has 21 heavy (non-hydrogen) atoms. The number of nitrogens with one attached hydrogen (secondary N) is 1. The summed E-state index contributed by atoms with van der Waals surface area (Å²) in [7, 11) is 3.42. The number of hydrogen-bond acceptors (Lipinski definition) is 4. The molecule has 0 aliphatic rings. The molecule has 1 atom stereocenters. The molecule has 5 nitrogen and oxygen atoms in total. The van der Waals surface area contributed by atoms with Gasteiger partial charge in [0.05, 0.1) is 6.04 Å². The number of hydrogen-bond donors (Lipinski definition) is 2. The van der Waals surface area contributed by atoms with E-state index >= 15 is 0 Å². The lowest BCUT2D eigenvalue weighted by Crippen LogP contribution is -2.43. The van der Waals surface area contributed by atoms with Crippen molar-refractivity contribution in [2.75, 3.05) is 14.1 Å². The maximum Gasteiger partial charge on any atom is 0.237 e. The first-order valence-corrected chi connectivity index (χ1v) is 6.83. The number of nitrogens with zero attached hydrogens (tertiary/aromatic N) is 1. The predicted octanol–water partition coefficient (Wildman–Crippen LogP) is 1.72. The zero-order valence-corrected chi connectivity index (χ0v) is 12.5. The first-order valence-electron chi connectivity index (χ1n) is 6.83. The molecule has 1 aromatic carbocycles. The van der Waals surface area contributed by atoms with Crippen molar-refractivity contribution < 1.29 is 14.7 Å². The van der Waals surface area contributed by atoms with Crippen LogP contribution in [0.5, 0.6) is 5.75 Å². The van der Waals surface area contributed by atoms with E-state index in [9.17, 15) is 14.7 Å². The maximum absolute atomic E-state index is 12.0. The summed E-state index contributed by atoms with van der Waals surface area (Å²) in [6.45, 7) is 4.07. The molecule has 1 amide bonds. The molecule has 1 rings (SSSR count). The summed E-state index contributed by atoms with van der Waals surface area (Å²) in [6, 6.07) is 4.29. The van der Waals surface area contributed by atoms with Gasteiger partial charge in [-0.05, 0) is 43.7 Å². The summed E-state index contributed by atoms with van der Waals surface area (Å²) in [6.07, 6.45) is 3.90. The highest BCUT2D eigenvalue weighted by Gasteiger charge is 2.22. The van der Waals surface area contributed by atoms with Crippen LogP contribution in [0.4, 0.5) is 0 Å². The lowest BCUT2D eigenvalue weighted by Gasteiger charge is -2.27. The van der Waals surface area contributed by atoms with Gasteiger partial charge in [0.1, 0.15) is 12.0 Å². The van der Waals surface area contributed by atoms with Gasteiger partial charge >= 0.3 is 0 Å². The van der Waals surface area contributed by atoms with Gasteiger partial charge in [-0.25, -0.2) is 0 Å². The van der Waals surface area contributed by atoms with Crippen molar-refractivity contribution in [3.05, 3.63) is 42.0 Å². The van der Waals surface area contributed by atoms with E-state index < -0.39 is 0 Å². The summed E-state index contributed by atoms with van der Waals surface area (Å²) >= 11 is 0. The molecule has 5 heteroatoms. The second-order valence-corrected chi connectivity index (χ2v) is 4.91. The molecule has 0 aromatic heterocycles. The van der Waals surface area contributed by atoms with E-state index in [2.05, 4.69) is 11.9 Å². The Labute approximate surface area is 125 Å². The molecule has 0 saturated carbocycles. The van der Waals surface area contributed by atoms with Crippen molar-refractivity contribution >= 4 is 12.2 Å². The van der Waals surface area contributed by atoms with Gasteiger partial charge in [-0.2, -0.15) is 0 Å². The maximum atomic E-state index is 12.0. The van der Waals surface area contributed by atoms with E-state index in [0.717, 1.165) is 12.7 Å². The number of aldehydes is 1. The first kappa shape index (κ1) is 16.9. The zero-order chi connectivity index (χ0) is 15.8. The third-order valence-corrected chi connectivity index (χ3v) is 3.40. The summed E-state index contributed by atoms with van der Waals surface area (Å²) in [5.41, 5.74) is 1.21. The Kier molecular flexibility index (Phi) is 6.62. The molecule has 0 saturated heterocycles. The largest absolute Gasteiger partial charge is 0.508 e. The molecule has 0 bridgehead atoms. The molecule has 0 spiro atoms. The molecule has 0 aliphatic heterocycles. The summed E-state index contributed by atoms with van der Waals surface area (Å²) < 4.78 is 0. The van der Waals surface area contributed by atoms with E-state index in [-0.39, 0.29) is 17.7 Å². The highest BCUT2D eigenvalue weighted by atomic mass is 16.3. The molecular weight excluding hydrogens is 268 g/mol. The molecule has 0 fully saturated rings. The highest BCUT2D eigenvalue weighted by Crippen LogP contribution is 2.18. The van der Waals surface area contributed by atoms with Gasteiger partial charge in [0.15, 0.2) is 0 Å². The van der Waals surface area contributed by atoms with Crippen LogP contribution >= 0.6 is 0 Å². The highest BCUT2D eigenvalue weighted by molar-refractivity contribution is 5.81. The Bertz CT molecular complexity index is 514. The number of phenolic OH excluding ortho intramolecular Hbond substituents is 1. The quantitative estimate of drug-likeness (QED) is 0.565. The second-order valence-electron chi connectivity index (χ2n) is 4.91. The normalized spacial score (nSPS) is 12.0. The Morgan fingerprint density at radius 2 is 2.24 bits per heavy atom. The number of likely N-dealkylation sites (N-methyl/N-ethyl adjacent to an activating group) is 2. The fraction of sp³-hybridized carbons (Fsp3) is 0.375. The Morgan fingerprint density at radius 1 is 1.52 bits per heavy atom. The van der Waals surface area contributed by atoms with Crippen LogP contribution < -0.4 is 5.32 Å². The second kappa shape index (κ2) is 8.21. The van der Waals surface area contributed by atoms with Gasteiger partial charge in [0.2, 0.25) is 5.91 Å². The monoisotopic (exact) mass is 290 g/mol. The first-order chi connectivity index (χ1) is 10.0. The summed E-state index contributed by atoms with van der Waals surface area (Å²) in [5, 5.41) is 12.2. The van der Waals surface area contributed by atoms with Gasteiger partial charge < -0.3 is 10.4 Å². The lowest BCUT2D eigenvalue weighted by molar-refractivity contribution is -0.125. The summed E-state index contributed by atoms with van der Waals surface area (Å²) in [4.78, 5) is 24.9. The van der Waals surface area contributed by atoms with Crippen molar-refractivity contribution in [1.82, 2.24) is 10.2 Å². The van der Waals surface area contributed by atoms with Crippen LogP contribution in [0.3, 0.4) is 0 Å². The van der Waals surface area contributed by atoms with Crippen LogP contribution in [0.15, 0.2) is 30.9 Å². The third-order valence-electron chi connectivity index (χ3n) is 3.40. The Morgan fingerprint density at radius 3 is 2.81 bits per heavy atom. The molecule has 114 valence electrons. The fourth-order valence-corrected chi connectivity index (χ4v) is 2.22. The number of rotatable bonds is 8. The Hall–Kier alpha value is -2.14. The number of carbonyl (C=O) groups is 2. The van der Waals surface area contributed by atoms with Crippen molar-refractivity contribution in [2.45, 2.75) is 25.4 Å². The van der Waals surface area contributed by atoms with Crippen LogP contribution in [-0.2, 0) is 11.3 Å². The molecule has 0 heterocycles. The minimum absolute atomic E-state index is 0.0767. The Balaban J connectivity index is 2.92. The van der Waals surface area contributed by atoms with Crippen LogP contribution in [-0.4, -0.2) is 42.3 Å². The van der Waals surface area contributed by atoms with E-state index in [1.807, 2.05) is 11.9 Å². The molecule has 0 radical (unpaired) electrons. The number of amides is 1. The van der Waals surface area contributed by atoms with Gasteiger partial charge in [-0.15, -0.1) is 6.58 Å². The number of carbonyl (C=O) groups excluding carboxylic acids is 2. The smallest absolute Gasteiger partial charge is 0.237 e. The van der Waals surface area contributed by atoms with Crippen LogP contribution in [0, 0.1) is 0 Å². The predicted molar refractivity (Wildman–Crippen MR) is 82.2 cm³/mol. The minimum atomic E-state index is -0.310. The van der Waals surface area contributed by atoms with Crippen LogP contribution in [0.2, 0.25) is 0 Å². The standard InChI is InChI=1S/C16H22N2O3/c1-4-5-6-15(16(21)17-2)18(3)10-13-9-14(20)8-7-12(13)11-19/h4,7-9,11,15,20H,1,5-6,10H2,2-3H3,(H,17,21). The lowest BCUT2D eigenvalue weighted by atomic mass is 10.0. The van der Waals surface area contributed by atoms with Gasteiger partial charge in [-0.3, -0.25) is 14.5 Å². The average molecular weight is 290 g/mol. The molecule has 0 aliphatic carbocycles. The van der Waals surface area contributed by atoms with Gasteiger partial charge in [0.25, 0.3) is 0 Å². The third kappa shape index (κ3) is 4.72. The zero-order valence-electron chi connectivity index (χ0n) is 12.5. The van der Waals surface area contributed by atoms with Crippen LogP contribution in [0.25, 0.3) is 0 Å². The number of phenols is 1. The molecule has 1 unspecified atom stereocenters. The van der Waals surface area contributed by atoms with Crippen molar-refractivity contribution in [2.24, 2.45) is 0 Å². The van der Waals surface area contributed by atoms with Crippen molar-refractivity contribution in [3.8, 4) is 5.75 Å². The van der Waals surface area contributed by atoms with E-state index in [0.29, 0.717) is 24.1 Å². The summed E-state index contributed by atoms with van der Waals surface area (Å²) in [5.74, 6) is 0.0266. The molecule has 1 aromatic rings. The molecular formula is C16H22N2O3. The fourth-order valence-electron chi connectivity index (χ4n) is 2.22. The van der Waals surface area contributed by atoms with Crippen LogP contribution in [0.1, 0.15) is 28.8 Å². The van der Waals surface area contributed by atoms with Gasteiger partial charge in [0, 0.05) is 19.2 Å². The van der Waals surface area contributed by atoms with E-state index in [4.69, 9.17) is 0 Å². The van der Waals surface area contributed by atoms with Crippen molar-refractivity contribution in [3.63, 3.8) is 0 Å². The SMILES string of the molecule is C=CCCC(C(=O)NC)N(C)Cc1cc(O)ccc1C=O. The number of allylic oxidation sites excluding steroid dienone is 1.